The third-order valence-electron chi connectivity index (χ3n) is 4.34. The fourth-order valence-electron chi connectivity index (χ4n) is 2.97. The summed E-state index contributed by atoms with van der Waals surface area (Å²) in [5, 5.41) is 9.00. The lowest BCUT2D eigenvalue weighted by Gasteiger charge is -2.27. The zero-order chi connectivity index (χ0) is 16.5. The number of benzene rings is 1. The number of nitrogens with zero attached hydrogens (tertiary/aromatic N) is 4. The van der Waals surface area contributed by atoms with E-state index in [1.807, 2.05) is 40.9 Å². The van der Waals surface area contributed by atoms with E-state index >= 15 is 0 Å². The van der Waals surface area contributed by atoms with Crippen molar-refractivity contribution >= 4 is 29.3 Å². The number of hydrogen-bond donors (Lipinski definition) is 0. The van der Waals surface area contributed by atoms with Gasteiger partial charge in [-0.25, -0.2) is 4.68 Å². The average Bonchev–Trinajstić information content (AvgIpc) is 3.05. The summed E-state index contributed by atoms with van der Waals surface area (Å²) in [6.07, 6.45) is -0.106. The number of aromatic nitrogens is 3. The Hall–Kier alpha value is -1.57. The molecule has 0 aliphatic carbocycles. The van der Waals surface area contributed by atoms with Crippen molar-refractivity contribution in [1.82, 2.24) is 19.9 Å². The van der Waals surface area contributed by atoms with E-state index in [2.05, 4.69) is 10.3 Å². The van der Waals surface area contributed by atoms with Gasteiger partial charge in [-0.3, -0.25) is 4.79 Å². The van der Waals surface area contributed by atoms with E-state index in [0.29, 0.717) is 23.9 Å². The van der Waals surface area contributed by atoms with Crippen LogP contribution in [0.4, 0.5) is 0 Å². The van der Waals surface area contributed by atoms with Crippen LogP contribution in [0.3, 0.4) is 0 Å². The highest BCUT2D eigenvalue weighted by molar-refractivity contribution is 7.99. The molecular formula is C16H17ClN4O2S. The van der Waals surface area contributed by atoms with Crippen LogP contribution in [0.1, 0.15) is 27.8 Å². The number of amides is 1. The molecule has 0 bridgehead atoms. The minimum atomic E-state index is -0.106. The monoisotopic (exact) mass is 364 g/mol. The van der Waals surface area contributed by atoms with E-state index < -0.39 is 0 Å². The van der Waals surface area contributed by atoms with Gasteiger partial charge in [0.25, 0.3) is 5.91 Å². The van der Waals surface area contributed by atoms with E-state index in [1.165, 1.54) is 0 Å². The number of carbonyl (C=O) groups is 1. The molecule has 0 N–H and O–H groups in total. The molecule has 2 aromatic rings. The quantitative estimate of drug-likeness (QED) is 0.818. The summed E-state index contributed by atoms with van der Waals surface area (Å²) in [5.41, 5.74) is 2.24. The zero-order valence-electron chi connectivity index (χ0n) is 13.0. The average molecular weight is 365 g/mol. The highest BCUT2D eigenvalue weighted by Gasteiger charge is 2.30. The molecule has 0 unspecified atom stereocenters. The Balaban J connectivity index is 1.53. The van der Waals surface area contributed by atoms with Gasteiger partial charge in [0.2, 0.25) is 0 Å². The van der Waals surface area contributed by atoms with Crippen LogP contribution in [-0.2, 0) is 17.9 Å². The number of rotatable bonds is 2. The molecule has 1 atom stereocenters. The number of fused-ring (bicyclic) bond motifs is 1. The van der Waals surface area contributed by atoms with Gasteiger partial charge in [-0.15, -0.1) is 5.10 Å². The van der Waals surface area contributed by atoms with Crippen LogP contribution < -0.4 is 0 Å². The molecule has 6 nitrogen and oxygen atoms in total. The van der Waals surface area contributed by atoms with E-state index in [0.717, 1.165) is 35.9 Å². The van der Waals surface area contributed by atoms with Gasteiger partial charge in [0.15, 0.2) is 5.69 Å². The first-order chi connectivity index (χ1) is 11.7. The van der Waals surface area contributed by atoms with E-state index in [9.17, 15) is 4.79 Å². The molecule has 0 spiro atoms. The van der Waals surface area contributed by atoms with Gasteiger partial charge >= 0.3 is 0 Å². The Morgan fingerprint density at radius 1 is 1.25 bits per heavy atom. The molecule has 1 fully saturated rings. The number of ether oxygens (including phenoxy) is 1. The molecule has 1 aromatic heterocycles. The lowest BCUT2D eigenvalue weighted by molar-refractivity contribution is -0.00193. The second-order valence-corrected chi connectivity index (χ2v) is 7.48. The van der Waals surface area contributed by atoms with Crippen molar-refractivity contribution in [3.05, 3.63) is 46.2 Å². The standard InChI is InChI=1S/C16H17ClN4O2S/c17-12-3-1-11(2-4-12)14-9-21-13(10-23-14)15(18-19-21)16(22)20-5-7-24-8-6-20/h1-4,14H,5-10H2/t14-/m0/s1. The third kappa shape index (κ3) is 3.03. The zero-order valence-corrected chi connectivity index (χ0v) is 14.6. The Kier molecular flexibility index (Phi) is 4.47. The van der Waals surface area contributed by atoms with Crippen LogP contribution in [0.15, 0.2) is 24.3 Å². The Labute approximate surface area is 149 Å². The topological polar surface area (TPSA) is 60.3 Å². The van der Waals surface area contributed by atoms with Crippen LogP contribution >= 0.6 is 23.4 Å². The molecule has 1 amide bonds. The molecule has 0 saturated carbocycles. The first-order valence-electron chi connectivity index (χ1n) is 7.89. The van der Waals surface area contributed by atoms with Crippen LogP contribution in [0.25, 0.3) is 0 Å². The van der Waals surface area contributed by atoms with Gasteiger partial charge in [0.05, 0.1) is 18.8 Å². The lowest BCUT2D eigenvalue weighted by Crippen LogP contribution is -2.38. The van der Waals surface area contributed by atoms with Gasteiger partial charge in [-0.05, 0) is 17.7 Å². The minimum absolute atomic E-state index is 0.0370. The van der Waals surface area contributed by atoms with Gasteiger partial charge in [0.1, 0.15) is 6.10 Å². The SMILES string of the molecule is O=C(c1nnn2c1CO[C@H](c1ccc(Cl)cc1)C2)N1CCSCC1. The summed E-state index contributed by atoms with van der Waals surface area (Å²) >= 11 is 7.80. The van der Waals surface area contributed by atoms with E-state index in [4.69, 9.17) is 16.3 Å². The number of thioether (sulfide) groups is 1. The van der Waals surface area contributed by atoms with E-state index in [1.54, 1.807) is 4.68 Å². The summed E-state index contributed by atoms with van der Waals surface area (Å²) in [4.78, 5) is 14.5. The molecular weight excluding hydrogens is 348 g/mol. The molecule has 4 rings (SSSR count). The maximum Gasteiger partial charge on any atom is 0.276 e. The normalized spacial score (nSPS) is 20.7. The summed E-state index contributed by atoms with van der Waals surface area (Å²) in [5.74, 6) is 1.92. The summed E-state index contributed by atoms with van der Waals surface area (Å²) in [6.45, 7) is 2.42. The Bertz CT molecular complexity index is 743. The van der Waals surface area contributed by atoms with Gasteiger partial charge < -0.3 is 9.64 Å². The van der Waals surface area contributed by atoms with Crippen molar-refractivity contribution in [3.8, 4) is 0 Å². The van der Waals surface area contributed by atoms with Crippen LogP contribution in [0.5, 0.6) is 0 Å². The molecule has 1 aromatic carbocycles. The Morgan fingerprint density at radius 2 is 2.00 bits per heavy atom. The van der Waals surface area contributed by atoms with Gasteiger partial charge in [-0.1, -0.05) is 28.9 Å². The molecule has 1 saturated heterocycles. The number of carbonyl (C=O) groups excluding carboxylic acids is 1. The summed E-state index contributed by atoms with van der Waals surface area (Å²) in [6, 6.07) is 7.60. The largest absolute Gasteiger partial charge is 0.365 e. The Morgan fingerprint density at radius 3 is 2.75 bits per heavy atom. The second kappa shape index (κ2) is 6.74. The van der Waals surface area contributed by atoms with Crippen molar-refractivity contribution in [3.63, 3.8) is 0 Å². The first kappa shape index (κ1) is 15.9. The van der Waals surface area contributed by atoms with Crippen molar-refractivity contribution < 1.29 is 9.53 Å². The second-order valence-electron chi connectivity index (χ2n) is 5.82. The van der Waals surface area contributed by atoms with Crippen molar-refractivity contribution in [1.29, 1.82) is 0 Å². The highest BCUT2D eigenvalue weighted by atomic mass is 35.5. The smallest absolute Gasteiger partial charge is 0.276 e. The highest BCUT2D eigenvalue weighted by Crippen LogP contribution is 2.28. The van der Waals surface area contributed by atoms with Crippen molar-refractivity contribution in [2.24, 2.45) is 0 Å². The maximum atomic E-state index is 12.7. The predicted molar refractivity (Wildman–Crippen MR) is 92.2 cm³/mol. The number of hydrogen-bond acceptors (Lipinski definition) is 5. The van der Waals surface area contributed by atoms with Crippen molar-refractivity contribution in [2.45, 2.75) is 19.3 Å². The first-order valence-corrected chi connectivity index (χ1v) is 9.42. The molecule has 0 radical (unpaired) electrons. The molecule has 24 heavy (non-hydrogen) atoms. The van der Waals surface area contributed by atoms with E-state index in [-0.39, 0.29) is 12.0 Å². The van der Waals surface area contributed by atoms with Crippen LogP contribution in [0, 0.1) is 0 Å². The summed E-state index contributed by atoms with van der Waals surface area (Å²) in [7, 11) is 0. The third-order valence-corrected chi connectivity index (χ3v) is 5.53. The van der Waals surface area contributed by atoms with Crippen molar-refractivity contribution in [2.75, 3.05) is 24.6 Å². The number of halogens is 1. The van der Waals surface area contributed by atoms with Gasteiger partial charge in [0, 0.05) is 29.6 Å². The minimum Gasteiger partial charge on any atom is -0.365 e. The predicted octanol–water partition coefficient (Wildman–Crippen LogP) is 2.39. The lowest BCUT2D eigenvalue weighted by atomic mass is 10.1. The molecule has 8 heteroatoms. The molecule has 2 aliphatic rings. The van der Waals surface area contributed by atoms with Gasteiger partial charge in [-0.2, -0.15) is 11.8 Å². The fraction of sp³-hybridized carbons (Fsp3) is 0.438. The molecule has 3 heterocycles. The fourth-order valence-corrected chi connectivity index (χ4v) is 4.00. The van der Waals surface area contributed by atoms with Crippen LogP contribution in [-0.4, -0.2) is 50.4 Å². The maximum absolute atomic E-state index is 12.7. The summed E-state index contributed by atoms with van der Waals surface area (Å²) < 4.78 is 7.73. The molecule has 126 valence electrons. The van der Waals surface area contributed by atoms with Crippen LogP contribution in [0.2, 0.25) is 5.02 Å². The molecule has 2 aliphatic heterocycles.